The molecule has 0 spiro atoms. The largest absolute Gasteiger partial charge is 0.508 e. The number of aromatic hydroxyl groups is 1. The van der Waals surface area contributed by atoms with E-state index in [1.807, 2.05) is 19.9 Å². The van der Waals surface area contributed by atoms with Crippen LogP contribution < -0.4 is 5.73 Å². The molecule has 1 atom stereocenters. The summed E-state index contributed by atoms with van der Waals surface area (Å²) in [5.74, 6) is -1.12. The smallest absolute Gasteiger partial charge is 0.304 e. The zero-order chi connectivity index (χ0) is 12.3. The summed E-state index contributed by atoms with van der Waals surface area (Å²) in [5, 5.41) is 18.6. The number of benzene rings is 1. The second kappa shape index (κ2) is 4.99. The van der Waals surface area contributed by atoms with Crippen LogP contribution in [-0.2, 0) is 4.79 Å². The summed E-state index contributed by atoms with van der Waals surface area (Å²) >= 11 is 0. The number of hydrogen-bond donors (Lipinski definition) is 3. The summed E-state index contributed by atoms with van der Waals surface area (Å²) in [4.78, 5) is 10.7. The predicted octanol–water partition coefficient (Wildman–Crippen LogP) is 1.53. The Morgan fingerprint density at radius 2 is 2.06 bits per heavy atom. The van der Waals surface area contributed by atoms with Crippen LogP contribution in [0.2, 0.25) is 0 Å². The molecule has 0 amide bonds. The molecule has 0 heterocycles. The number of carboxylic acids is 1. The third-order valence-electron chi connectivity index (χ3n) is 2.88. The summed E-state index contributed by atoms with van der Waals surface area (Å²) in [5.41, 5.74) is 8.16. The van der Waals surface area contributed by atoms with Gasteiger partial charge in [0.05, 0.1) is 6.42 Å². The van der Waals surface area contributed by atoms with E-state index in [4.69, 9.17) is 10.8 Å². The molecule has 4 heteroatoms. The molecule has 0 aliphatic heterocycles. The number of phenols is 1. The van der Waals surface area contributed by atoms with Gasteiger partial charge in [-0.1, -0.05) is 6.07 Å². The van der Waals surface area contributed by atoms with Crippen LogP contribution in [-0.4, -0.2) is 22.7 Å². The first-order chi connectivity index (χ1) is 7.47. The molecule has 1 aromatic carbocycles. The van der Waals surface area contributed by atoms with Gasteiger partial charge in [0.25, 0.3) is 0 Å². The van der Waals surface area contributed by atoms with E-state index in [9.17, 15) is 9.90 Å². The van der Waals surface area contributed by atoms with E-state index in [1.54, 1.807) is 6.07 Å². The Bertz CT molecular complexity index is 401. The fourth-order valence-electron chi connectivity index (χ4n) is 1.85. The van der Waals surface area contributed by atoms with Gasteiger partial charge >= 0.3 is 5.97 Å². The molecule has 0 aliphatic carbocycles. The average molecular weight is 223 g/mol. The Labute approximate surface area is 94.7 Å². The first-order valence-electron chi connectivity index (χ1n) is 5.18. The fourth-order valence-corrected chi connectivity index (χ4v) is 1.85. The van der Waals surface area contributed by atoms with Gasteiger partial charge in [-0.2, -0.15) is 0 Å². The van der Waals surface area contributed by atoms with Crippen molar-refractivity contribution in [3.05, 3.63) is 28.8 Å². The molecule has 88 valence electrons. The Hall–Kier alpha value is -1.55. The topological polar surface area (TPSA) is 83.5 Å². The van der Waals surface area contributed by atoms with E-state index in [-0.39, 0.29) is 24.6 Å². The number of carboxylic acid groups (broad SMARTS) is 1. The highest BCUT2D eigenvalue weighted by Crippen LogP contribution is 2.32. The Balaban J connectivity index is 3.18. The van der Waals surface area contributed by atoms with Crippen molar-refractivity contribution in [2.45, 2.75) is 26.2 Å². The van der Waals surface area contributed by atoms with Gasteiger partial charge in [0.1, 0.15) is 5.75 Å². The third kappa shape index (κ3) is 2.52. The van der Waals surface area contributed by atoms with Crippen molar-refractivity contribution < 1.29 is 15.0 Å². The molecule has 4 N–H and O–H groups in total. The molecule has 0 fully saturated rings. The van der Waals surface area contributed by atoms with Gasteiger partial charge in [-0.15, -0.1) is 0 Å². The van der Waals surface area contributed by atoms with Crippen LogP contribution in [0, 0.1) is 13.8 Å². The van der Waals surface area contributed by atoms with Crippen molar-refractivity contribution in [1.82, 2.24) is 0 Å². The van der Waals surface area contributed by atoms with E-state index in [0.717, 1.165) is 11.1 Å². The van der Waals surface area contributed by atoms with Crippen molar-refractivity contribution in [2.75, 3.05) is 6.54 Å². The fraction of sp³-hybridized carbons (Fsp3) is 0.417. The summed E-state index contributed by atoms with van der Waals surface area (Å²) < 4.78 is 0. The quantitative estimate of drug-likeness (QED) is 0.722. The summed E-state index contributed by atoms with van der Waals surface area (Å²) in [6, 6.07) is 3.39. The van der Waals surface area contributed by atoms with E-state index < -0.39 is 5.97 Å². The standard InChI is InChI=1S/C12H17NO3/c1-7-3-4-10(14)12(8(7)2)9(6-13)5-11(15)16/h3-4,9,14H,5-6,13H2,1-2H3,(H,15,16). The average Bonchev–Trinajstić information content (AvgIpc) is 2.22. The molecule has 0 saturated heterocycles. The van der Waals surface area contributed by atoms with Crippen molar-refractivity contribution in [3.8, 4) is 5.75 Å². The number of carbonyl (C=O) groups is 1. The van der Waals surface area contributed by atoms with Gasteiger partial charge in [-0.25, -0.2) is 0 Å². The van der Waals surface area contributed by atoms with E-state index in [1.165, 1.54) is 0 Å². The lowest BCUT2D eigenvalue weighted by atomic mass is 9.89. The predicted molar refractivity (Wildman–Crippen MR) is 61.6 cm³/mol. The molecule has 0 saturated carbocycles. The van der Waals surface area contributed by atoms with Crippen LogP contribution in [0.4, 0.5) is 0 Å². The third-order valence-corrected chi connectivity index (χ3v) is 2.88. The van der Waals surface area contributed by atoms with Crippen molar-refractivity contribution >= 4 is 5.97 Å². The summed E-state index contributed by atoms with van der Waals surface area (Å²) in [6.45, 7) is 4.01. The zero-order valence-corrected chi connectivity index (χ0v) is 9.53. The van der Waals surface area contributed by atoms with Crippen LogP contribution in [0.3, 0.4) is 0 Å². The molecular formula is C12H17NO3. The number of rotatable bonds is 4. The minimum atomic E-state index is -0.907. The molecule has 0 aliphatic rings. The lowest BCUT2D eigenvalue weighted by Gasteiger charge is -2.18. The molecule has 1 rings (SSSR count). The Morgan fingerprint density at radius 1 is 1.44 bits per heavy atom. The van der Waals surface area contributed by atoms with Gasteiger partial charge in [-0.05, 0) is 37.6 Å². The van der Waals surface area contributed by atoms with E-state index >= 15 is 0 Å². The number of nitrogens with two attached hydrogens (primary N) is 1. The molecule has 16 heavy (non-hydrogen) atoms. The maximum absolute atomic E-state index is 10.7. The van der Waals surface area contributed by atoms with Gasteiger partial charge < -0.3 is 15.9 Å². The van der Waals surface area contributed by atoms with Crippen LogP contribution in [0.15, 0.2) is 12.1 Å². The summed E-state index contributed by atoms with van der Waals surface area (Å²) in [7, 11) is 0. The molecule has 0 radical (unpaired) electrons. The molecule has 1 aromatic rings. The molecule has 4 nitrogen and oxygen atoms in total. The van der Waals surface area contributed by atoms with Crippen molar-refractivity contribution in [1.29, 1.82) is 0 Å². The number of phenolic OH excluding ortho intramolecular Hbond substituents is 1. The van der Waals surface area contributed by atoms with Gasteiger partial charge in [0.15, 0.2) is 0 Å². The highest BCUT2D eigenvalue weighted by atomic mass is 16.4. The molecular weight excluding hydrogens is 206 g/mol. The number of aryl methyl sites for hydroxylation is 1. The van der Waals surface area contributed by atoms with Gasteiger partial charge in [-0.3, -0.25) is 4.79 Å². The number of aliphatic carboxylic acids is 1. The van der Waals surface area contributed by atoms with Crippen molar-refractivity contribution in [2.24, 2.45) is 5.73 Å². The van der Waals surface area contributed by atoms with E-state index in [0.29, 0.717) is 5.56 Å². The maximum Gasteiger partial charge on any atom is 0.304 e. The van der Waals surface area contributed by atoms with Gasteiger partial charge in [0.2, 0.25) is 0 Å². The monoisotopic (exact) mass is 223 g/mol. The normalized spacial score (nSPS) is 12.4. The second-order valence-electron chi connectivity index (χ2n) is 3.97. The lowest BCUT2D eigenvalue weighted by Crippen LogP contribution is -2.17. The highest BCUT2D eigenvalue weighted by Gasteiger charge is 2.20. The van der Waals surface area contributed by atoms with Crippen LogP contribution in [0.25, 0.3) is 0 Å². The van der Waals surface area contributed by atoms with E-state index in [2.05, 4.69) is 0 Å². The number of hydrogen-bond acceptors (Lipinski definition) is 3. The highest BCUT2D eigenvalue weighted by molar-refractivity contribution is 5.68. The van der Waals surface area contributed by atoms with Crippen LogP contribution >= 0.6 is 0 Å². The first kappa shape index (κ1) is 12.5. The van der Waals surface area contributed by atoms with Crippen LogP contribution in [0.5, 0.6) is 5.75 Å². The Morgan fingerprint density at radius 3 is 2.56 bits per heavy atom. The SMILES string of the molecule is Cc1ccc(O)c(C(CN)CC(=O)O)c1C. The second-order valence-corrected chi connectivity index (χ2v) is 3.97. The molecule has 0 aromatic heterocycles. The Kier molecular flexibility index (Phi) is 3.90. The van der Waals surface area contributed by atoms with Gasteiger partial charge in [0, 0.05) is 11.5 Å². The minimum absolute atomic E-state index is 0.0612. The summed E-state index contributed by atoms with van der Waals surface area (Å²) in [6.07, 6.45) is -0.0612. The minimum Gasteiger partial charge on any atom is -0.508 e. The lowest BCUT2D eigenvalue weighted by molar-refractivity contribution is -0.137. The van der Waals surface area contributed by atoms with Crippen LogP contribution in [0.1, 0.15) is 29.0 Å². The molecule has 1 unspecified atom stereocenters. The van der Waals surface area contributed by atoms with Crippen molar-refractivity contribution in [3.63, 3.8) is 0 Å². The zero-order valence-electron chi connectivity index (χ0n) is 9.53. The molecule has 0 bridgehead atoms. The first-order valence-corrected chi connectivity index (χ1v) is 5.18. The maximum atomic E-state index is 10.7.